The van der Waals surface area contributed by atoms with Crippen molar-refractivity contribution in [1.29, 1.82) is 0 Å². The highest BCUT2D eigenvalue weighted by molar-refractivity contribution is 6.73. The molecule has 0 fully saturated rings. The van der Waals surface area contributed by atoms with E-state index in [1.165, 1.54) is 31.0 Å². The van der Waals surface area contributed by atoms with Crippen LogP contribution in [0.25, 0.3) is 0 Å². The van der Waals surface area contributed by atoms with Crippen LogP contribution in [0.5, 0.6) is 0 Å². The SMILES string of the molecule is CCC[Si](CCC)(CCCCl)OCC. The van der Waals surface area contributed by atoms with Crippen molar-refractivity contribution in [3.8, 4) is 0 Å². The van der Waals surface area contributed by atoms with Gasteiger partial charge in [0.15, 0.2) is 8.32 Å². The molecule has 0 aromatic heterocycles. The Hall–Kier alpha value is 0.467. The van der Waals surface area contributed by atoms with E-state index in [0.29, 0.717) is 0 Å². The first-order valence-electron chi connectivity index (χ1n) is 5.94. The fourth-order valence-electron chi connectivity index (χ4n) is 2.20. The van der Waals surface area contributed by atoms with Crippen molar-refractivity contribution in [2.75, 3.05) is 12.5 Å². The molecule has 0 N–H and O–H groups in total. The molecule has 3 heteroatoms. The molecule has 0 spiro atoms. The lowest BCUT2D eigenvalue weighted by atomic mass is 10.5. The van der Waals surface area contributed by atoms with E-state index in [0.717, 1.165) is 18.9 Å². The molecule has 0 rings (SSSR count). The Morgan fingerprint density at radius 2 is 1.57 bits per heavy atom. The minimum absolute atomic E-state index is 0.787. The number of alkyl halides is 1. The van der Waals surface area contributed by atoms with Crippen LogP contribution in [0.4, 0.5) is 0 Å². The Kier molecular flexibility index (Phi) is 9.04. The van der Waals surface area contributed by atoms with Gasteiger partial charge < -0.3 is 4.43 Å². The van der Waals surface area contributed by atoms with Crippen LogP contribution in [0, 0.1) is 0 Å². The van der Waals surface area contributed by atoms with E-state index in [9.17, 15) is 0 Å². The average molecular weight is 237 g/mol. The smallest absolute Gasteiger partial charge is 0.192 e. The van der Waals surface area contributed by atoms with Gasteiger partial charge in [-0.05, 0) is 31.5 Å². The van der Waals surface area contributed by atoms with E-state index >= 15 is 0 Å². The summed E-state index contributed by atoms with van der Waals surface area (Å²) in [5, 5.41) is 0. The molecule has 0 aliphatic heterocycles. The lowest BCUT2D eigenvalue weighted by Gasteiger charge is -2.30. The van der Waals surface area contributed by atoms with Gasteiger partial charge in [-0.1, -0.05) is 26.7 Å². The van der Waals surface area contributed by atoms with E-state index in [-0.39, 0.29) is 0 Å². The molecule has 0 aliphatic rings. The highest BCUT2D eigenvalue weighted by Crippen LogP contribution is 2.27. The summed E-state index contributed by atoms with van der Waals surface area (Å²) in [6, 6.07) is 3.88. The number of hydrogen-bond acceptors (Lipinski definition) is 1. The van der Waals surface area contributed by atoms with Gasteiger partial charge in [-0.25, -0.2) is 0 Å². The van der Waals surface area contributed by atoms with Crippen LogP contribution >= 0.6 is 11.6 Å². The third kappa shape index (κ3) is 5.37. The van der Waals surface area contributed by atoms with E-state index in [1.54, 1.807) is 0 Å². The van der Waals surface area contributed by atoms with Crippen LogP contribution in [0.3, 0.4) is 0 Å². The van der Waals surface area contributed by atoms with Crippen molar-refractivity contribution in [3.05, 3.63) is 0 Å². The Bertz CT molecular complexity index is 113. The predicted molar refractivity (Wildman–Crippen MR) is 67.7 cm³/mol. The fraction of sp³-hybridized carbons (Fsp3) is 1.00. The van der Waals surface area contributed by atoms with Gasteiger partial charge in [0.1, 0.15) is 0 Å². The van der Waals surface area contributed by atoms with Crippen LogP contribution in [0.15, 0.2) is 0 Å². The van der Waals surface area contributed by atoms with Crippen LogP contribution in [0.2, 0.25) is 18.1 Å². The highest BCUT2D eigenvalue weighted by atomic mass is 35.5. The van der Waals surface area contributed by atoms with Gasteiger partial charge in [-0.3, -0.25) is 0 Å². The molecule has 86 valence electrons. The molecular formula is C11H25ClOSi. The molecule has 14 heavy (non-hydrogen) atoms. The van der Waals surface area contributed by atoms with E-state index in [2.05, 4.69) is 20.8 Å². The van der Waals surface area contributed by atoms with Gasteiger partial charge in [0.05, 0.1) is 0 Å². The third-order valence-electron chi connectivity index (χ3n) is 2.63. The van der Waals surface area contributed by atoms with Crippen LogP contribution < -0.4 is 0 Å². The maximum atomic E-state index is 6.09. The molecule has 0 saturated carbocycles. The van der Waals surface area contributed by atoms with Gasteiger partial charge in [-0.15, -0.1) is 11.6 Å². The zero-order valence-electron chi connectivity index (χ0n) is 9.94. The van der Waals surface area contributed by atoms with Crippen molar-refractivity contribution in [1.82, 2.24) is 0 Å². The second-order valence-electron chi connectivity index (χ2n) is 3.91. The maximum Gasteiger partial charge on any atom is 0.192 e. The summed E-state index contributed by atoms with van der Waals surface area (Å²) < 4.78 is 6.09. The number of hydrogen-bond donors (Lipinski definition) is 0. The highest BCUT2D eigenvalue weighted by Gasteiger charge is 2.31. The lowest BCUT2D eigenvalue weighted by Crippen LogP contribution is -2.38. The second kappa shape index (κ2) is 8.75. The first-order valence-corrected chi connectivity index (χ1v) is 9.01. The minimum atomic E-state index is -1.40. The maximum absolute atomic E-state index is 6.09. The topological polar surface area (TPSA) is 9.23 Å². The zero-order valence-corrected chi connectivity index (χ0v) is 11.7. The molecule has 0 atom stereocenters. The molecule has 0 saturated heterocycles. The van der Waals surface area contributed by atoms with Gasteiger partial charge in [0, 0.05) is 12.5 Å². The van der Waals surface area contributed by atoms with Crippen LogP contribution in [0.1, 0.15) is 40.0 Å². The van der Waals surface area contributed by atoms with E-state index in [4.69, 9.17) is 16.0 Å². The minimum Gasteiger partial charge on any atom is -0.417 e. The molecule has 0 aliphatic carbocycles. The van der Waals surface area contributed by atoms with Crippen LogP contribution in [-0.4, -0.2) is 20.8 Å². The molecule has 0 heterocycles. The lowest BCUT2D eigenvalue weighted by molar-refractivity contribution is 0.316. The summed E-state index contributed by atoms with van der Waals surface area (Å²) >= 11 is 5.77. The predicted octanol–water partition coefficient (Wildman–Crippen LogP) is 4.42. The molecule has 0 aromatic rings. The quantitative estimate of drug-likeness (QED) is 0.426. The molecule has 0 bridgehead atoms. The van der Waals surface area contributed by atoms with Gasteiger partial charge in [-0.2, -0.15) is 0 Å². The summed E-state index contributed by atoms with van der Waals surface area (Å²) in [5.41, 5.74) is 0. The van der Waals surface area contributed by atoms with Gasteiger partial charge in [0.2, 0.25) is 0 Å². The fourth-order valence-corrected chi connectivity index (χ4v) is 6.99. The van der Waals surface area contributed by atoms with Crippen molar-refractivity contribution < 1.29 is 4.43 Å². The molecular weight excluding hydrogens is 212 g/mol. The molecule has 0 radical (unpaired) electrons. The Morgan fingerprint density at radius 3 is 1.93 bits per heavy atom. The summed E-state index contributed by atoms with van der Waals surface area (Å²) in [5.74, 6) is 0.787. The Balaban J connectivity index is 4.21. The largest absolute Gasteiger partial charge is 0.417 e. The molecule has 1 nitrogen and oxygen atoms in total. The van der Waals surface area contributed by atoms with Gasteiger partial charge >= 0.3 is 0 Å². The normalized spacial score (nSPS) is 12.0. The average Bonchev–Trinajstić information content (AvgIpc) is 2.16. The summed E-state index contributed by atoms with van der Waals surface area (Å²) in [7, 11) is -1.40. The summed E-state index contributed by atoms with van der Waals surface area (Å²) in [4.78, 5) is 0. The van der Waals surface area contributed by atoms with Gasteiger partial charge in [0.25, 0.3) is 0 Å². The number of rotatable bonds is 9. The second-order valence-corrected chi connectivity index (χ2v) is 8.44. The monoisotopic (exact) mass is 236 g/mol. The Morgan fingerprint density at radius 1 is 1.00 bits per heavy atom. The van der Waals surface area contributed by atoms with Crippen LogP contribution in [-0.2, 0) is 4.43 Å². The standard InChI is InChI=1S/C11H25ClOSi/c1-4-9-14(10-5-2,13-6-3)11-7-8-12/h4-11H2,1-3H3. The summed E-state index contributed by atoms with van der Waals surface area (Å²) in [6.07, 6.45) is 3.65. The first kappa shape index (κ1) is 14.5. The molecule has 0 unspecified atom stereocenters. The zero-order chi connectivity index (χ0) is 10.9. The van der Waals surface area contributed by atoms with Crippen molar-refractivity contribution >= 4 is 19.9 Å². The number of halogens is 1. The van der Waals surface area contributed by atoms with E-state index in [1.807, 2.05) is 0 Å². The van der Waals surface area contributed by atoms with Crippen molar-refractivity contribution in [2.45, 2.75) is 58.2 Å². The van der Waals surface area contributed by atoms with E-state index < -0.39 is 8.32 Å². The first-order chi connectivity index (χ1) is 6.74. The molecule has 0 aromatic carbocycles. The summed E-state index contributed by atoms with van der Waals surface area (Å²) in [6.45, 7) is 7.52. The Labute approximate surface area is 95.3 Å². The van der Waals surface area contributed by atoms with Crippen molar-refractivity contribution in [2.24, 2.45) is 0 Å². The molecule has 0 amide bonds. The van der Waals surface area contributed by atoms with Crippen molar-refractivity contribution in [3.63, 3.8) is 0 Å². The third-order valence-corrected chi connectivity index (χ3v) is 7.88.